The van der Waals surface area contributed by atoms with Gasteiger partial charge in [0, 0.05) is 60.7 Å². The first-order valence-corrected chi connectivity index (χ1v) is 17.0. The average molecular weight is 683 g/mol. The number of benzene rings is 1. The van der Waals surface area contributed by atoms with Crippen LogP contribution in [0.4, 0.5) is 4.79 Å². The zero-order chi connectivity index (χ0) is 30.6. The molecular formula is C33H41BrClN7O2. The van der Waals surface area contributed by atoms with Crippen LogP contribution in [0.25, 0.3) is 0 Å². The number of carbonyl (C=O) groups excluding carboxylic acids is 2. The number of aromatic nitrogens is 3. The van der Waals surface area contributed by atoms with E-state index < -0.39 is 6.04 Å². The molecule has 3 aromatic rings. The Balaban J connectivity index is 1.24. The van der Waals surface area contributed by atoms with Gasteiger partial charge < -0.3 is 20.1 Å². The quantitative estimate of drug-likeness (QED) is 0.325. The van der Waals surface area contributed by atoms with Gasteiger partial charge in [0.05, 0.1) is 23.8 Å². The van der Waals surface area contributed by atoms with Crippen molar-refractivity contribution in [1.29, 1.82) is 0 Å². The summed E-state index contributed by atoms with van der Waals surface area (Å²) in [5.41, 5.74) is 5.53. The van der Waals surface area contributed by atoms with Crippen molar-refractivity contribution < 1.29 is 9.59 Å². The second kappa shape index (κ2) is 14.0. The smallest absolute Gasteiger partial charge is 0.318 e. The second-order valence-corrected chi connectivity index (χ2v) is 13.7. The molecule has 2 atom stereocenters. The number of hydrogen-bond donors (Lipinski definition) is 2. The normalized spacial score (nSPS) is 20.8. The summed E-state index contributed by atoms with van der Waals surface area (Å²) >= 11 is 10.1. The number of amides is 3. The zero-order valence-electron chi connectivity index (χ0n) is 25.3. The van der Waals surface area contributed by atoms with Crippen LogP contribution >= 0.6 is 27.5 Å². The van der Waals surface area contributed by atoms with E-state index in [1.54, 1.807) is 4.90 Å². The Morgan fingerprint density at radius 1 is 1.07 bits per heavy atom. The Morgan fingerprint density at radius 3 is 2.68 bits per heavy atom. The van der Waals surface area contributed by atoms with Crippen LogP contribution in [0.3, 0.4) is 0 Å². The van der Waals surface area contributed by atoms with Gasteiger partial charge >= 0.3 is 6.03 Å². The van der Waals surface area contributed by atoms with Crippen molar-refractivity contribution in [2.24, 2.45) is 0 Å². The lowest BCUT2D eigenvalue weighted by Gasteiger charge is -2.44. The van der Waals surface area contributed by atoms with Crippen LogP contribution < -0.4 is 10.6 Å². The number of hydrogen-bond acceptors (Lipinski definition) is 5. The van der Waals surface area contributed by atoms with Crippen LogP contribution in [-0.2, 0) is 24.2 Å². The predicted octanol–water partition coefficient (Wildman–Crippen LogP) is 5.43. The van der Waals surface area contributed by atoms with Crippen LogP contribution in [0.2, 0.25) is 5.02 Å². The molecule has 11 heteroatoms. The Kier molecular flexibility index (Phi) is 9.88. The number of nitrogens with zero attached hydrogens (tertiary/aromatic N) is 5. The van der Waals surface area contributed by atoms with Crippen LogP contribution in [0, 0.1) is 6.92 Å². The zero-order valence-corrected chi connectivity index (χ0v) is 27.6. The Bertz CT molecular complexity index is 1440. The molecule has 3 heterocycles. The molecule has 2 N–H and O–H groups in total. The van der Waals surface area contributed by atoms with Crippen molar-refractivity contribution in [2.75, 3.05) is 26.2 Å². The van der Waals surface area contributed by atoms with Gasteiger partial charge in [0.25, 0.3) is 0 Å². The molecule has 3 amide bonds. The predicted molar refractivity (Wildman–Crippen MR) is 175 cm³/mol. The number of pyridine rings is 1. The summed E-state index contributed by atoms with van der Waals surface area (Å²) < 4.78 is 2.98. The molecule has 2 fully saturated rings. The lowest BCUT2D eigenvalue weighted by molar-refractivity contribution is -0.127. The fraction of sp³-hybridized carbons (Fsp3) is 0.515. The molecule has 1 saturated heterocycles. The number of aryl methyl sites for hydroxylation is 4. The van der Waals surface area contributed by atoms with E-state index in [9.17, 15) is 9.59 Å². The summed E-state index contributed by atoms with van der Waals surface area (Å²) in [7, 11) is 0. The Labute approximate surface area is 272 Å². The molecular weight excluding hydrogens is 642 g/mol. The molecule has 234 valence electrons. The molecule has 9 nitrogen and oxygen atoms in total. The highest BCUT2D eigenvalue weighted by Crippen LogP contribution is 2.38. The van der Waals surface area contributed by atoms with E-state index >= 15 is 0 Å². The summed E-state index contributed by atoms with van der Waals surface area (Å²) in [5, 5.41) is 7.12. The first-order chi connectivity index (χ1) is 21.4. The number of imidazole rings is 1. The van der Waals surface area contributed by atoms with Gasteiger partial charge in [-0.15, -0.1) is 0 Å². The van der Waals surface area contributed by atoms with Gasteiger partial charge in [-0.05, 0) is 89.8 Å². The van der Waals surface area contributed by atoms with Crippen molar-refractivity contribution in [1.82, 2.24) is 35.0 Å². The number of halogens is 2. The van der Waals surface area contributed by atoms with E-state index in [0.717, 1.165) is 77.9 Å². The fourth-order valence-electron chi connectivity index (χ4n) is 6.98. The molecule has 3 aliphatic rings. The van der Waals surface area contributed by atoms with E-state index in [0.29, 0.717) is 26.2 Å². The average Bonchev–Trinajstić information content (AvgIpc) is 3.37. The highest BCUT2D eigenvalue weighted by atomic mass is 79.9. The summed E-state index contributed by atoms with van der Waals surface area (Å²) in [5.74, 6) is -0.121. The van der Waals surface area contributed by atoms with Crippen LogP contribution in [0.1, 0.15) is 72.6 Å². The SMILES string of the molecule is Cc1cn(CCCNC(=O)[C@H]2CN(C3c4ccc(Cl)cc4CCc4cc(Br)cnc43)CCN2C(=O)NC2CCCCC2)cn1. The van der Waals surface area contributed by atoms with Crippen molar-refractivity contribution in [3.05, 3.63) is 80.6 Å². The molecule has 6 rings (SSSR count). The van der Waals surface area contributed by atoms with Crippen LogP contribution in [0.5, 0.6) is 0 Å². The van der Waals surface area contributed by atoms with E-state index in [4.69, 9.17) is 16.6 Å². The van der Waals surface area contributed by atoms with Gasteiger partial charge in [0.1, 0.15) is 6.04 Å². The van der Waals surface area contributed by atoms with Gasteiger partial charge in [0.15, 0.2) is 0 Å². The molecule has 0 spiro atoms. The third kappa shape index (κ3) is 7.13. The van der Waals surface area contributed by atoms with Gasteiger partial charge in [0.2, 0.25) is 5.91 Å². The van der Waals surface area contributed by atoms with E-state index in [1.807, 2.05) is 36.3 Å². The van der Waals surface area contributed by atoms with E-state index in [2.05, 4.69) is 54.6 Å². The third-order valence-electron chi connectivity index (χ3n) is 9.22. The minimum atomic E-state index is -0.624. The van der Waals surface area contributed by atoms with Gasteiger partial charge in [-0.3, -0.25) is 14.7 Å². The first-order valence-electron chi connectivity index (χ1n) is 15.9. The summed E-state index contributed by atoms with van der Waals surface area (Å²) in [6, 6.07) is 7.53. The van der Waals surface area contributed by atoms with Crippen molar-refractivity contribution in [2.45, 2.75) is 83.0 Å². The lowest BCUT2D eigenvalue weighted by Crippen LogP contribution is -2.63. The lowest BCUT2D eigenvalue weighted by atomic mass is 9.95. The van der Waals surface area contributed by atoms with Crippen molar-refractivity contribution in [3.8, 4) is 0 Å². The summed E-state index contributed by atoms with van der Waals surface area (Å²) in [4.78, 5) is 40.9. The third-order valence-corrected chi connectivity index (χ3v) is 9.89. The van der Waals surface area contributed by atoms with Gasteiger partial charge in [-0.2, -0.15) is 0 Å². The minimum absolute atomic E-state index is 0.121. The van der Waals surface area contributed by atoms with E-state index in [1.165, 1.54) is 17.5 Å². The number of piperazine rings is 1. The topological polar surface area (TPSA) is 95.4 Å². The Hall–Kier alpha value is -2.95. The van der Waals surface area contributed by atoms with Gasteiger partial charge in [-0.1, -0.05) is 36.9 Å². The number of carbonyl (C=O) groups is 2. The number of fused-ring (bicyclic) bond motifs is 2. The number of urea groups is 1. The molecule has 1 aliphatic heterocycles. The van der Waals surface area contributed by atoms with Crippen LogP contribution in [-0.4, -0.2) is 74.5 Å². The summed E-state index contributed by atoms with van der Waals surface area (Å²) in [6.45, 7) is 4.75. The molecule has 1 unspecified atom stereocenters. The minimum Gasteiger partial charge on any atom is -0.354 e. The fourth-order valence-corrected chi connectivity index (χ4v) is 7.55. The van der Waals surface area contributed by atoms with E-state index in [-0.39, 0.29) is 24.0 Å². The van der Waals surface area contributed by atoms with Crippen molar-refractivity contribution >= 4 is 39.5 Å². The molecule has 1 saturated carbocycles. The second-order valence-electron chi connectivity index (χ2n) is 12.3. The molecule has 44 heavy (non-hydrogen) atoms. The molecule has 2 aliphatic carbocycles. The first kappa shape index (κ1) is 31.0. The highest BCUT2D eigenvalue weighted by molar-refractivity contribution is 9.10. The monoisotopic (exact) mass is 681 g/mol. The van der Waals surface area contributed by atoms with Gasteiger partial charge in [-0.25, -0.2) is 9.78 Å². The Morgan fingerprint density at radius 2 is 1.89 bits per heavy atom. The van der Waals surface area contributed by atoms with Crippen molar-refractivity contribution in [3.63, 3.8) is 0 Å². The molecule has 0 bridgehead atoms. The molecule has 0 radical (unpaired) electrons. The maximum atomic E-state index is 13.9. The number of rotatable bonds is 7. The maximum absolute atomic E-state index is 13.9. The summed E-state index contributed by atoms with van der Waals surface area (Å²) in [6.07, 6.45) is 13.6. The number of nitrogens with one attached hydrogen (secondary N) is 2. The molecule has 1 aromatic carbocycles. The van der Waals surface area contributed by atoms with Crippen LogP contribution in [0.15, 0.2) is 47.5 Å². The highest BCUT2D eigenvalue weighted by Gasteiger charge is 2.40. The maximum Gasteiger partial charge on any atom is 0.318 e. The molecule has 2 aromatic heterocycles. The standard InChI is InChI=1S/C33H41BrClN7O2/c1-22-19-40(21-38-22)13-5-12-36-32(43)29-20-41(14-15-42(29)33(44)39-27-6-3-2-4-7-27)31-28-11-10-26(35)17-23(28)8-9-24-16-25(34)18-37-30(24)31/h10-11,16-19,21,27,29,31H,2-9,12-15,20H2,1H3,(H,36,43)(H,39,44)/t29-,31?/m1/s1. The largest absolute Gasteiger partial charge is 0.354 e.